The molecule has 110 valence electrons. The van der Waals surface area contributed by atoms with Gasteiger partial charge >= 0.3 is 0 Å². The first-order valence-electron chi connectivity index (χ1n) is 8.44. The topological polar surface area (TPSA) is 17.1 Å². The Kier molecular flexibility index (Phi) is 2.89. The van der Waals surface area contributed by atoms with Gasteiger partial charge < -0.3 is 0 Å². The minimum absolute atomic E-state index is 0.272. The first-order valence-corrected chi connectivity index (χ1v) is 8.44. The van der Waals surface area contributed by atoms with E-state index in [-0.39, 0.29) is 5.41 Å². The van der Waals surface area contributed by atoms with E-state index >= 15 is 0 Å². The average Bonchev–Trinajstić information content (AvgIpc) is 3.04. The van der Waals surface area contributed by atoms with Crippen LogP contribution >= 0.6 is 0 Å². The number of carbonyl (C=O) groups excluding carboxylic acids is 1. The maximum Gasteiger partial charge on any atom is 0.163 e. The van der Waals surface area contributed by atoms with E-state index in [1.54, 1.807) is 0 Å². The van der Waals surface area contributed by atoms with Crippen LogP contribution in [0.1, 0.15) is 61.0 Å². The van der Waals surface area contributed by atoms with Crippen LogP contribution in [-0.4, -0.2) is 5.78 Å². The van der Waals surface area contributed by atoms with E-state index in [0.717, 1.165) is 30.7 Å². The summed E-state index contributed by atoms with van der Waals surface area (Å²) in [4.78, 5) is 12.5. The number of rotatable bonds is 2. The number of fused-ring (bicyclic) bond motifs is 5. The molecule has 3 unspecified atom stereocenters. The Morgan fingerprint density at radius 3 is 2.81 bits per heavy atom. The standard InChI is InChI=1S/C20H24O/c1-13(2)10-15-4-3-5-17-18(21)8-9-20(19(15)17)12-14-6-7-16(20)11-14/h3-7,13-14,16H,8-12H2,1-2H3. The third-order valence-corrected chi connectivity index (χ3v) is 5.88. The molecule has 0 heterocycles. The van der Waals surface area contributed by atoms with E-state index in [2.05, 4.69) is 44.2 Å². The van der Waals surface area contributed by atoms with E-state index in [0.29, 0.717) is 17.6 Å². The summed E-state index contributed by atoms with van der Waals surface area (Å²) < 4.78 is 0. The molecule has 1 aromatic rings. The van der Waals surface area contributed by atoms with Crippen molar-refractivity contribution in [2.45, 2.75) is 51.4 Å². The van der Waals surface area contributed by atoms with Crippen LogP contribution in [0.3, 0.4) is 0 Å². The highest BCUT2D eigenvalue weighted by atomic mass is 16.1. The number of hydrogen-bond acceptors (Lipinski definition) is 1. The molecule has 2 bridgehead atoms. The van der Waals surface area contributed by atoms with Crippen LogP contribution in [0.25, 0.3) is 0 Å². The summed E-state index contributed by atoms with van der Waals surface area (Å²) in [6.07, 6.45) is 10.3. The summed E-state index contributed by atoms with van der Waals surface area (Å²) in [7, 11) is 0. The summed E-state index contributed by atoms with van der Waals surface area (Å²) in [5.74, 6) is 2.43. The van der Waals surface area contributed by atoms with Gasteiger partial charge in [0.05, 0.1) is 0 Å². The van der Waals surface area contributed by atoms with Gasteiger partial charge in [0.25, 0.3) is 0 Å². The van der Waals surface area contributed by atoms with Crippen molar-refractivity contribution in [3.05, 3.63) is 47.0 Å². The van der Waals surface area contributed by atoms with Crippen LogP contribution in [-0.2, 0) is 11.8 Å². The molecule has 0 aromatic heterocycles. The molecule has 0 saturated heterocycles. The number of benzene rings is 1. The summed E-state index contributed by atoms with van der Waals surface area (Å²) in [5, 5.41) is 0. The SMILES string of the molecule is CC(C)Cc1cccc2c1C1(CCC2=O)CC2C=CC1C2. The summed E-state index contributed by atoms with van der Waals surface area (Å²) in [6, 6.07) is 6.45. The second-order valence-electron chi connectivity index (χ2n) is 7.71. The van der Waals surface area contributed by atoms with Gasteiger partial charge in [0, 0.05) is 17.4 Å². The smallest absolute Gasteiger partial charge is 0.163 e. The molecular formula is C20H24O. The second-order valence-corrected chi connectivity index (χ2v) is 7.71. The summed E-state index contributed by atoms with van der Waals surface area (Å²) in [6.45, 7) is 4.55. The molecule has 0 N–H and O–H groups in total. The van der Waals surface area contributed by atoms with Gasteiger partial charge in [-0.25, -0.2) is 0 Å². The largest absolute Gasteiger partial charge is 0.294 e. The monoisotopic (exact) mass is 280 g/mol. The molecule has 4 rings (SSSR count). The predicted octanol–water partition coefficient (Wildman–Crippen LogP) is 4.70. The molecular weight excluding hydrogens is 256 g/mol. The van der Waals surface area contributed by atoms with Crippen molar-refractivity contribution in [2.75, 3.05) is 0 Å². The molecule has 0 amide bonds. The summed E-state index contributed by atoms with van der Waals surface area (Å²) in [5.41, 5.74) is 4.19. The fourth-order valence-electron chi connectivity index (χ4n) is 5.16. The van der Waals surface area contributed by atoms with Gasteiger partial charge in [0.1, 0.15) is 0 Å². The van der Waals surface area contributed by atoms with E-state index in [1.807, 2.05) is 0 Å². The van der Waals surface area contributed by atoms with Gasteiger partial charge in [0.15, 0.2) is 5.78 Å². The number of carbonyl (C=O) groups is 1. The van der Waals surface area contributed by atoms with Gasteiger partial charge in [0.2, 0.25) is 0 Å². The third kappa shape index (κ3) is 1.86. The van der Waals surface area contributed by atoms with Crippen molar-refractivity contribution >= 4 is 5.78 Å². The van der Waals surface area contributed by atoms with Crippen LogP contribution in [0.5, 0.6) is 0 Å². The maximum atomic E-state index is 12.5. The van der Waals surface area contributed by atoms with E-state index in [9.17, 15) is 4.79 Å². The van der Waals surface area contributed by atoms with E-state index < -0.39 is 0 Å². The van der Waals surface area contributed by atoms with Crippen molar-refractivity contribution < 1.29 is 4.79 Å². The van der Waals surface area contributed by atoms with Gasteiger partial charge in [-0.15, -0.1) is 0 Å². The number of ketones is 1. The number of hydrogen-bond donors (Lipinski definition) is 0. The van der Waals surface area contributed by atoms with Crippen molar-refractivity contribution in [3.63, 3.8) is 0 Å². The van der Waals surface area contributed by atoms with E-state index in [4.69, 9.17) is 0 Å². The van der Waals surface area contributed by atoms with Gasteiger partial charge in [-0.1, -0.05) is 44.2 Å². The molecule has 0 radical (unpaired) electrons. The molecule has 1 fully saturated rings. The zero-order valence-corrected chi connectivity index (χ0v) is 13.1. The molecule has 1 spiro atoms. The highest BCUT2D eigenvalue weighted by molar-refractivity contribution is 5.99. The Hall–Kier alpha value is -1.37. The molecule has 3 atom stereocenters. The highest BCUT2D eigenvalue weighted by Gasteiger charge is 2.52. The Labute approximate surface area is 127 Å². The Morgan fingerprint density at radius 1 is 1.29 bits per heavy atom. The van der Waals surface area contributed by atoms with Crippen LogP contribution in [0, 0.1) is 17.8 Å². The zero-order valence-electron chi connectivity index (χ0n) is 13.1. The van der Waals surface area contributed by atoms with Crippen molar-refractivity contribution in [3.8, 4) is 0 Å². The number of allylic oxidation sites excluding steroid dienone is 2. The third-order valence-electron chi connectivity index (χ3n) is 5.88. The maximum absolute atomic E-state index is 12.5. The minimum atomic E-state index is 0.272. The molecule has 3 aliphatic rings. The van der Waals surface area contributed by atoms with Gasteiger partial charge in [-0.05, 0) is 54.6 Å². The van der Waals surface area contributed by atoms with Crippen molar-refractivity contribution in [1.29, 1.82) is 0 Å². The van der Waals surface area contributed by atoms with Gasteiger partial charge in [-0.2, -0.15) is 0 Å². The minimum Gasteiger partial charge on any atom is -0.294 e. The Morgan fingerprint density at radius 2 is 2.14 bits per heavy atom. The molecule has 1 aromatic carbocycles. The van der Waals surface area contributed by atoms with Crippen LogP contribution in [0.15, 0.2) is 30.4 Å². The fourth-order valence-corrected chi connectivity index (χ4v) is 5.16. The fraction of sp³-hybridized carbons (Fsp3) is 0.550. The lowest BCUT2D eigenvalue weighted by Gasteiger charge is -2.42. The van der Waals surface area contributed by atoms with E-state index in [1.165, 1.54) is 24.0 Å². The van der Waals surface area contributed by atoms with Crippen LogP contribution < -0.4 is 0 Å². The lowest BCUT2D eigenvalue weighted by atomic mass is 9.61. The molecule has 1 nitrogen and oxygen atoms in total. The first-order chi connectivity index (χ1) is 10.1. The zero-order chi connectivity index (χ0) is 14.6. The first kappa shape index (κ1) is 13.3. The number of Topliss-reactive ketones (excluding diaryl/α,β-unsaturated/α-hetero) is 1. The average molecular weight is 280 g/mol. The van der Waals surface area contributed by atoms with Crippen molar-refractivity contribution in [2.24, 2.45) is 17.8 Å². The quantitative estimate of drug-likeness (QED) is 0.718. The predicted molar refractivity (Wildman–Crippen MR) is 85.6 cm³/mol. The Bertz CT molecular complexity index is 625. The molecule has 21 heavy (non-hydrogen) atoms. The summed E-state index contributed by atoms with van der Waals surface area (Å²) >= 11 is 0. The highest BCUT2D eigenvalue weighted by Crippen LogP contribution is 2.58. The van der Waals surface area contributed by atoms with Crippen LogP contribution in [0.4, 0.5) is 0 Å². The molecule has 1 heteroatoms. The van der Waals surface area contributed by atoms with Gasteiger partial charge in [-0.3, -0.25) is 4.79 Å². The Balaban J connectivity index is 1.90. The van der Waals surface area contributed by atoms with Crippen LogP contribution in [0.2, 0.25) is 0 Å². The van der Waals surface area contributed by atoms with Crippen molar-refractivity contribution in [1.82, 2.24) is 0 Å². The lowest BCUT2D eigenvalue weighted by Crippen LogP contribution is -2.38. The molecule has 3 aliphatic carbocycles. The molecule has 1 saturated carbocycles. The second kappa shape index (κ2) is 4.56. The lowest BCUT2D eigenvalue weighted by molar-refractivity contribution is 0.0943. The normalized spacial score (nSPS) is 33.2. The molecule has 0 aliphatic heterocycles.